The van der Waals surface area contributed by atoms with Gasteiger partial charge >= 0.3 is 0 Å². The van der Waals surface area contributed by atoms with E-state index in [4.69, 9.17) is 0 Å². The molecule has 2 heterocycles. The number of nitrogens with one attached hydrogen (secondary N) is 2. The zero-order valence-corrected chi connectivity index (χ0v) is 11.8. The Morgan fingerprint density at radius 2 is 2.05 bits per heavy atom. The Morgan fingerprint density at radius 3 is 2.60 bits per heavy atom. The van der Waals surface area contributed by atoms with Crippen LogP contribution in [0.1, 0.15) is 24.3 Å². The normalized spacial score (nSPS) is 16.4. The first-order valence-corrected chi connectivity index (χ1v) is 6.73. The molecule has 1 fully saturated rings. The standard InChI is InChI=1S/C12H20N6O2/c1-9(2)14-11(19)8-17-3-5-18(6-4-17)12(20)10-7-13-16-15-10/h7,9H,3-6,8H2,1-2H3,(H,14,19)(H,13,15,16). The molecular weight excluding hydrogens is 260 g/mol. The van der Waals surface area contributed by atoms with Gasteiger partial charge in [0.2, 0.25) is 5.91 Å². The minimum atomic E-state index is -0.120. The molecule has 8 nitrogen and oxygen atoms in total. The molecule has 2 rings (SSSR count). The van der Waals surface area contributed by atoms with E-state index in [1.165, 1.54) is 6.20 Å². The van der Waals surface area contributed by atoms with Crippen LogP contribution in [-0.2, 0) is 4.79 Å². The monoisotopic (exact) mass is 280 g/mol. The summed E-state index contributed by atoms with van der Waals surface area (Å²) in [5.41, 5.74) is 0.330. The van der Waals surface area contributed by atoms with E-state index in [0.717, 1.165) is 0 Å². The number of aromatic nitrogens is 3. The van der Waals surface area contributed by atoms with Gasteiger partial charge in [0.05, 0.1) is 12.7 Å². The maximum Gasteiger partial charge on any atom is 0.276 e. The molecule has 0 aliphatic carbocycles. The summed E-state index contributed by atoms with van der Waals surface area (Å²) < 4.78 is 0. The number of hydrogen-bond donors (Lipinski definition) is 2. The van der Waals surface area contributed by atoms with Gasteiger partial charge in [0.15, 0.2) is 5.69 Å². The molecule has 2 N–H and O–H groups in total. The van der Waals surface area contributed by atoms with Gasteiger partial charge in [0, 0.05) is 32.2 Å². The fourth-order valence-electron chi connectivity index (χ4n) is 2.15. The Hall–Kier alpha value is -1.96. The van der Waals surface area contributed by atoms with E-state index in [0.29, 0.717) is 38.4 Å². The summed E-state index contributed by atoms with van der Waals surface area (Å²) in [5.74, 6) is -0.0960. The number of piperazine rings is 1. The smallest absolute Gasteiger partial charge is 0.276 e. The van der Waals surface area contributed by atoms with E-state index in [1.807, 2.05) is 18.7 Å². The second-order valence-corrected chi connectivity index (χ2v) is 5.15. The van der Waals surface area contributed by atoms with Crippen LogP contribution < -0.4 is 5.32 Å². The lowest BCUT2D eigenvalue weighted by molar-refractivity contribution is -0.123. The van der Waals surface area contributed by atoms with Crippen molar-refractivity contribution in [2.75, 3.05) is 32.7 Å². The van der Waals surface area contributed by atoms with Crippen molar-refractivity contribution in [3.63, 3.8) is 0 Å². The highest BCUT2D eigenvalue weighted by molar-refractivity contribution is 5.92. The fraction of sp³-hybridized carbons (Fsp3) is 0.667. The number of hydrogen-bond acceptors (Lipinski definition) is 5. The molecule has 0 bridgehead atoms. The Kier molecular flexibility index (Phi) is 4.67. The topological polar surface area (TPSA) is 94.2 Å². The van der Waals surface area contributed by atoms with Crippen molar-refractivity contribution >= 4 is 11.8 Å². The highest BCUT2D eigenvalue weighted by Gasteiger charge is 2.24. The molecule has 0 atom stereocenters. The van der Waals surface area contributed by atoms with Crippen LogP contribution in [0.2, 0.25) is 0 Å². The molecule has 1 aromatic rings. The second kappa shape index (κ2) is 6.47. The van der Waals surface area contributed by atoms with Crippen LogP contribution in [0, 0.1) is 0 Å². The third-order valence-corrected chi connectivity index (χ3v) is 3.11. The molecule has 0 aromatic carbocycles. The van der Waals surface area contributed by atoms with Crippen molar-refractivity contribution in [1.29, 1.82) is 0 Å². The van der Waals surface area contributed by atoms with E-state index < -0.39 is 0 Å². The third kappa shape index (κ3) is 3.77. The first kappa shape index (κ1) is 14.4. The third-order valence-electron chi connectivity index (χ3n) is 3.11. The molecule has 2 amide bonds. The Balaban J connectivity index is 1.78. The van der Waals surface area contributed by atoms with Crippen LogP contribution in [-0.4, -0.2) is 75.8 Å². The largest absolute Gasteiger partial charge is 0.353 e. The molecule has 0 radical (unpaired) electrons. The molecule has 1 aliphatic rings. The minimum Gasteiger partial charge on any atom is -0.353 e. The van der Waals surface area contributed by atoms with Crippen molar-refractivity contribution in [1.82, 2.24) is 30.5 Å². The Bertz CT molecular complexity index is 451. The van der Waals surface area contributed by atoms with E-state index in [2.05, 4.69) is 20.7 Å². The summed E-state index contributed by atoms with van der Waals surface area (Å²) >= 11 is 0. The Labute approximate surface area is 117 Å². The SMILES string of the molecule is CC(C)NC(=O)CN1CCN(C(=O)c2cn[nH]n2)CC1. The number of amides is 2. The number of carbonyl (C=O) groups is 2. The maximum atomic E-state index is 12.0. The number of nitrogens with zero attached hydrogens (tertiary/aromatic N) is 4. The van der Waals surface area contributed by atoms with Crippen LogP contribution >= 0.6 is 0 Å². The average Bonchev–Trinajstić information content (AvgIpc) is 2.91. The molecule has 8 heteroatoms. The first-order chi connectivity index (χ1) is 9.56. The molecule has 1 aromatic heterocycles. The number of carbonyl (C=O) groups excluding carboxylic acids is 2. The van der Waals surface area contributed by atoms with Gasteiger partial charge in [-0.3, -0.25) is 14.5 Å². The van der Waals surface area contributed by atoms with Crippen LogP contribution in [0.5, 0.6) is 0 Å². The van der Waals surface area contributed by atoms with Gasteiger partial charge in [-0.1, -0.05) is 0 Å². The summed E-state index contributed by atoms with van der Waals surface area (Å²) in [4.78, 5) is 27.5. The lowest BCUT2D eigenvalue weighted by Gasteiger charge is -2.34. The summed E-state index contributed by atoms with van der Waals surface area (Å²) in [6, 6.07) is 0.150. The first-order valence-electron chi connectivity index (χ1n) is 6.73. The van der Waals surface area contributed by atoms with Gasteiger partial charge in [0.25, 0.3) is 5.91 Å². The molecule has 0 saturated carbocycles. The van der Waals surface area contributed by atoms with Gasteiger partial charge in [-0.25, -0.2) is 0 Å². The summed E-state index contributed by atoms with van der Waals surface area (Å²) in [6.07, 6.45) is 1.42. The molecule has 1 saturated heterocycles. The van der Waals surface area contributed by atoms with Crippen LogP contribution in [0.3, 0.4) is 0 Å². The Morgan fingerprint density at radius 1 is 1.35 bits per heavy atom. The zero-order chi connectivity index (χ0) is 14.5. The summed E-state index contributed by atoms with van der Waals surface area (Å²) in [5, 5.41) is 12.7. The molecule has 110 valence electrons. The molecule has 20 heavy (non-hydrogen) atoms. The fourth-order valence-corrected chi connectivity index (χ4v) is 2.15. The summed E-state index contributed by atoms with van der Waals surface area (Å²) in [6.45, 7) is 6.83. The van der Waals surface area contributed by atoms with Crippen molar-refractivity contribution in [3.8, 4) is 0 Å². The highest BCUT2D eigenvalue weighted by Crippen LogP contribution is 2.05. The molecular formula is C12H20N6O2. The molecule has 0 spiro atoms. The van der Waals surface area contributed by atoms with Crippen molar-refractivity contribution < 1.29 is 9.59 Å². The highest BCUT2D eigenvalue weighted by atomic mass is 16.2. The van der Waals surface area contributed by atoms with E-state index in [1.54, 1.807) is 4.90 Å². The minimum absolute atomic E-state index is 0.0243. The average molecular weight is 280 g/mol. The number of rotatable bonds is 4. The predicted molar refractivity (Wildman–Crippen MR) is 72.0 cm³/mol. The molecule has 1 aliphatic heterocycles. The number of aromatic amines is 1. The zero-order valence-electron chi connectivity index (χ0n) is 11.8. The van der Waals surface area contributed by atoms with Gasteiger partial charge in [0.1, 0.15) is 0 Å². The van der Waals surface area contributed by atoms with Crippen molar-refractivity contribution in [2.24, 2.45) is 0 Å². The lowest BCUT2D eigenvalue weighted by Crippen LogP contribution is -2.51. The van der Waals surface area contributed by atoms with Crippen LogP contribution in [0.15, 0.2) is 6.20 Å². The van der Waals surface area contributed by atoms with E-state index in [9.17, 15) is 9.59 Å². The summed E-state index contributed by atoms with van der Waals surface area (Å²) in [7, 11) is 0. The van der Waals surface area contributed by atoms with E-state index >= 15 is 0 Å². The molecule has 0 unspecified atom stereocenters. The van der Waals surface area contributed by atoms with Gasteiger partial charge in [-0.2, -0.15) is 15.4 Å². The van der Waals surface area contributed by atoms with Crippen molar-refractivity contribution in [2.45, 2.75) is 19.9 Å². The van der Waals surface area contributed by atoms with Crippen LogP contribution in [0.4, 0.5) is 0 Å². The van der Waals surface area contributed by atoms with Gasteiger partial charge in [-0.15, -0.1) is 0 Å². The maximum absolute atomic E-state index is 12.0. The van der Waals surface area contributed by atoms with Gasteiger partial charge in [-0.05, 0) is 13.8 Å². The second-order valence-electron chi connectivity index (χ2n) is 5.15. The quantitative estimate of drug-likeness (QED) is 0.744. The van der Waals surface area contributed by atoms with Gasteiger partial charge < -0.3 is 10.2 Å². The predicted octanol–water partition coefficient (Wildman–Crippen LogP) is -0.913. The van der Waals surface area contributed by atoms with E-state index in [-0.39, 0.29) is 17.9 Å². The van der Waals surface area contributed by atoms with Crippen molar-refractivity contribution in [3.05, 3.63) is 11.9 Å². The number of H-pyrrole nitrogens is 1. The van der Waals surface area contributed by atoms with Crippen LogP contribution in [0.25, 0.3) is 0 Å². The lowest BCUT2D eigenvalue weighted by atomic mass is 10.2.